The first-order valence-corrected chi connectivity index (χ1v) is 5.54. The Balaban J connectivity index is 2.28. The van der Waals surface area contributed by atoms with Crippen molar-refractivity contribution in [1.29, 1.82) is 0 Å². The molecule has 0 spiro atoms. The summed E-state index contributed by atoms with van der Waals surface area (Å²) >= 11 is 0. The van der Waals surface area contributed by atoms with Gasteiger partial charge >= 0.3 is 0 Å². The second kappa shape index (κ2) is 4.69. The Labute approximate surface area is 97.6 Å². The van der Waals surface area contributed by atoms with Crippen molar-refractivity contribution in [1.82, 2.24) is 0 Å². The van der Waals surface area contributed by atoms with Crippen LogP contribution in [0.5, 0.6) is 5.75 Å². The molecule has 0 aromatic heterocycles. The van der Waals surface area contributed by atoms with E-state index in [2.05, 4.69) is 0 Å². The molecule has 0 bridgehead atoms. The zero-order valence-corrected chi connectivity index (χ0v) is 9.21. The molecule has 5 heteroatoms. The van der Waals surface area contributed by atoms with Crippen molar-refractivity contribution < 1.29 is 18.3 Å². The number of amides is 1. The Hall–Kier alpha value is -1.65. The quantitative estimate of drug-likeness (QED) is 0.883. The molecule has 0 saturated heterocycles. The molecule has 2 rings (SSSR count). The Bertz CT molecular complexity index is 442. The summed E-state index contributed by atoms with van der Waals surface area (Å²) in [4.78, 5) is 10.9. The molecule has 1 aromatic rings. The third kappa shape index (κ3) is 2.38. The molecule has 2 N–H and O–H groups in total. The van der Waals surface area contributed by atoms with Gasteiger partial charge in [-0.2, -0.15) is 0 Å². The summed E-state index contributed by atoms with van der Waals surface area (Å²) in [6, 6.07) is 2.18. The minimum Gasteiger partial charge on any atom is -0.487 e. The second-order valence-electron chi connectivity index (χ2n) is 4.12. The number of ether oxygens (including phenoxy) is 1. The minimum absolute atomic E-state index is 0.0595. The average molecular weight is 241 g/mol. The van der Waals surface area contributed by atoms with E-state index in [4.69, 9.17) is 10.5 Å². The monoisotopic (exact) mass is 241 g/mol. The second-order valence-corrected chi connectivity index (χ2v) is 4.12. The number of benzene rings is 1. The molecule has 1 aromatic carbocycles. The highest BCUT2D eigenvalue weighted by atomic mass is 19.1. The average Bonchev–Trinajstić information content (AvgIpc) is 2.74. The van der Waals surface area contributed by atoms with Gasteiger partial charge in [0.05, 0.1) is 6.10 Å². The maximum Gasteiger partial charge on any atom is 0.254 e. The molecule has 1 aliphatic carbocycles. The van der Waals surface area contributed by atoms with Crippen LogP contribution in [0.15, 0.2) is 12.1 Å². The zero-order valence-electron chi connectivity index (χ0n) is 9.21. The standard InChI is InChI=1S/C12H13F2NO2/c13-8-5-6-9(11(14)10(8)12(15)16)17-7-3-1-2-4-7/h5-7H,1-4H2,(H2,15,16). The van der Waals surface area contributed by atoms with Crippen LogP contribution >= 0.6 is 0 Å². The highest BCUT2D eigenvalue weighted by molar-refractivity contribution is 5.93. The lowest BCUT2D eigenvalue weighted by atomic mass is 10.1. The predicted octanol–water partition coefficient (Wildman–Crippen LogP) is 2.39. The summed E-state index contributed by atoms with van der Waals surface area (Å²) in [5.74, 6) is -3.21. The van der Waals surface area contributed by atoms with Crippen LogP contribution < -0.4 is 10.5 Å². The molecule has 92 valence electrons. The number of hydrogen-bond acceptors (Lipinski definition) is 2. The van der Waals surface area contributed by atoms with Crippen LogP contribution in [0.2, 0.25) is 0 Å². The Morgan fingerprint density at radius 1 is 1.29 bits per heavy atom. The molecule has 1 saturated carbocycles. The number of nitrogens with two attached hydrogens (primary N) is 1. The van der Waals surface area contributed by atoms with Gasteiger partial charge in [0.25, 0.3) is 5.91 Å². The first-order valence-electron chi connectivity index (χ1n) is 5.54. The lowest BCUT2D eigenvalue weighted by Gasteiger charge is -2.14. The van der Waals surface area contributed by atoms with Crippen molar-refractivity contribution in [2.24, 2.45) is 5.73 Å². The lowest BCUT2D eigenvalue weighted by Crippen LogP contribution is -2.18. The lowest BCUT2D eigenvalue weighted by molar-refractivity contribution is 0.0990. The fourth-order valence-corrected chi connectivity index (χ4v) is 2.04. The molecule has 1 fully saturated rings. The SMILES string of the molecule is NC(=O)c1c(F)ccc(OC2CCCC2)c1F. The van der Waals surface area contributed by atoms with Crippen molar-refractivity contribution in [2.75, 3.05) is 0 Å². The van der Waals surface area contributed by atoms with Crippen LogP contribution in [-0.4, -0.2) is 12.0 Å². The van der Waals surface area contributed by atoms with Gasteiger partial charge in [-0.1, -0.05) is 0 Å². The molecule has 17 heavy (non-hydrogen) atoms. The highest BCUT2D eigenvalue weighted by Crippen LogP contribution is 2.28. The Morgan fingerprint density at radius 2 is 1.94 bits per heavy atom. The van der Waals surface area contributed by atoms with Gasteiger partial charge in [0.2, 0.25) is 0 Å². The Kier molecular flexibility index (Phi) is 3.26. The molecular formula is C12H13F2NO2. The number of carbonyl (C=O) groups excluding carboxylic acids is 1. The first-order chi connectivity index (χ1) is 8.09. The molecule has 0 unspecified atom stereocenters. The zero-order chi connectivity index (χ0) is 12.4. The fraction of sp³-hybridized carbons (Fsp3) is 0.417. The van der Waals surface area contributed by atoms with E-state index in [0.29, 0.717) is 0 Å². The van der Waals surface area contributed by atoms with Crippen LogP contribution in [-0.2, 0) is 0 Å². The van der Waals surface area contributed by atoms with Gasteiger partial charge in [0.15, 0.2) is 11.6 Å². The molecule has 1 amide bonds. The van der Waals surface area contributed by atoms with Crippen molar-refractivity contribution in [3.8, 4) is 5.75 Å². The molecule has 0 aliphatic heterocycles. The maximum absolute atomic E-state index is 13.8. The first kappa shape index (κ1) is 11.8. The smallest absolute Gasteiger partial charge is 0.254 e. The Morgan fingerprint density at radius 3 is 2.53 bits per heavy atom. The van der Waals surface area contributed by atoms with Crippen LogP contribution in [0, 0.1) is 11.6 Å². The van der Waals surface area contributed by atoms with E-state index in [9.17, 15) is 13.6 Å². The molecule has 0 heterocycles. The number of carbonyl (C=O) groups is 1. The van der Waals surface area contributed by atoms with Crippen molar-refractivity contribution >= 4 is 5.91 Å². The number of primary amides is 1. The summed E-state index contributed by atoms with van der Waals surface area (Å²) in [6.45, 7) is 0. The summed E-state index contributed by atoms with van der Waals surface area (Å²) in [7, 11) is 0. The van der Waals surface area contributed by atoms with Gasteiger partial charge in [0.1, 0.15) is 11.4 Å². The van der Waals surface area contributed by atoms with E-state index in [0.717, 1.165) is 31.7 Å². The van der Waals surface area contributed by atoms with Crippen molar-refractivity contribution in [3.63, 3.8) is 0 Å². The van der Waals surface area contributed by atoms with Crippen LogP contribution in [0.1, 0.15) is 36.0 Å². The van der Waals surface area contributed by atoms with Crippen LogP contribution in [0.3, 0.4) is 0 Å². The van der Waals surface area contributed by atoms with Gasteiger partial charge in [-0.25, -0.2) is 8.78 Å². The van der Waals surface area contributed by atoms with Gasteiger partial charge < -0.3 is 10.5 Å². The van der Waals surface area contributed by atoms with Crippen LogP contribution in [0.4, 0.5) is 8.78 Å². The molecule has 3 nitrogen and oxygen atoms in total. The van der Waals surface area contributed by atoms with Gasteiger partial charge in [-0.15, -0.1) is 0 Å². The normalized spacial score (nSPS) is 16.1. The van der Waals surface area contributed by atoms with Gasteiger partial charge in [-0.3, -0.25) is 4.79 Å². The van der Waals surface area contributed by atoms with E-state index in [1.807, 2.05) is 0 Å². The maximum atomic E-state index is 13.8. The van der Waals surface area contributed by atoms with E-state index in [1.54, 1.807) is 0 Å². The highest BCUT2D eigenvalue weighted by Gasteiger charge is 2.23. The molecule has 1 aliphatic rings. The van der Waals surface area contributed by atoms with E-state index in [1.165, 1.54) is 6.07 Å². The minimum atomic E-state index is -1.13. The number of hydrogen-bond donors (Lipinski definition) is 1. The van der Waals surface area contributed by atoms with E-state index in [-0.39, 0.29) is 11.9 Å². The molecular weight excluding hydrogens is 228 g/mol. The van der Waals surface area contributed by atoms with E-state index >= 15 is 0 Å². The largest absolute Gasteiger partial charge is 0.487 e. The third-order valence-corrected chi connectivity index (χ3v) is 2.90. The number of halogens is 2. The fourth-order valence-electron chi connectivity index (χ4n) is 2.04. The summed E-state index contributed by atoms with van der Waals surface area (Å²) in [5.41, 5.74) is 4.18. The summed E-state index contributed by atoms with van der Waals surface area (Å²) in [5, 5.41) is 0. The van der Waals surface area contributed by atoms with Crippen molar-refractivity contribution in [3.05, 3.63) is 29.3 Å². The van der Waals surface area contributed by atoms with Crippen LogP contribution in [0.25, 0.3) is 0 Å². The van der Waals surface area contributed by atoms with Gasteiger partial charge in [-0.05, 0) is 37.8 Å². The van der Waals surface area contributed by atoms with E-state index < -0.39 is 23.1 Å². The summed E-state index contributed by atoms with van der Waals surface area (Å²) in [6.07, 6.45) is 3.72. The predicted molar refractivity (Wildman–Crippen MR) is 57.8 cm³/mol. The van der Waals surface area contributed by atoms with Crippen molar-refractivity contribution in [2.45, 2.75) is 31.8 Å². The third-order valence-electron chi connectivity index (χ3n) is 2.90. The summed E-state index contributed by atoms with van der Waals surface area (Å²) < 4.78 is 32.4. The number of rotatable bonds is 3. The topological polar surface area (TPSA) is 52.3 Å². The molecule has 0 atom stereocenters. The molecule has 0 radical (unpaired) electrons. The van der Waals surface area contributed by atoms with Gasteiger partial charge in [0, 0.05) is 0 Å².